The van der Waals surface area contributed by atoms with Crippen molar-refractivity contribution >= 4 is 23.0 Å². The molecule has 2 saturated heterocycles. The van der Waals surface area contributed by atoms with E-state index >= 15 is 0 Å². The molecule has 2 aliphatic heterocycles. The van der Waals surface area contributed by atoms with E-state index in [1.165, 1.54) is 11.9 Å². The lowest BCUT2D eigenvalue weighted by atomic mass is 9.91. The number of hydrogen-bond acceptors (Lipinski definition) is 5. The first-order valence-electron chi connectivity index (χ1n) is 12.5. The molecule has 2 aliphatic rings. The Bertz CT molecular complexity index is 935. The van der Waals surface area contributed by atoms with Gasteiger partial charge in [-0.15, -0.1) is 0 Å². The van der Waals surface area contributed by atoms with Crippen molar-refractivity contribution in [3.8, 4) is 0 Å². The van der Waals surface area contributed by atoms with Crippen LogP contribution in [0.5, 0.6) is 0 Å². The van der Waals surface area contributed by atoms with Crippen LogP contribution in [0.15, 0.2) is 42.7 Å². The van der Waals surface area contributed by atoms with Crippen LogP contribution in [0.1, 0.15) is 50.5 Å². The normalized spacial score (nSPS) is 21.2. The zero-order valence-corrected chi connectivity index (χ0v) is 20.6. The second-order valence-electron chi connectivity index (χ2n) is 9.76. The van der Waals surface area contributed by atoms with Gasteiger partial charge in [0.2, 0.25) is 0 Å². The van der Waals surface area contributed by atoms with Gasteiger partial charge in [-0.2, -0.15) is 13.2 Å². The number of piperidine rings is 2. The summed E-state index contributed by atoms with van der Waals surface area (Å²) in [6, 6.07) is 9.09. The lowest BCUT2D eigenvalue weighted by Crippen LogP contribution is -2.47. The topological polar surface area (TPSA) is 51.6 Å². The summed E-state index contributed by atoms with van der Waals surface area (Å²) in [7, 11) is 0. The smallest absolute Gasteiger partial charge is 0.380 e. The molecule has 1 aromatic carbocycles. The van der Waals surface area contributed by atoms with E-state index < -0.39 is 18.0 Å². The van der Waals surface area contributed by atoms with Crippen LogP contribution in [-0.4, -0.2) is 53.4 Å². The molecule has 2 N–H and O–H groups in total. The fraction of sp³-hybridized carbons (Fsp3) is 0.577. The number of aromatic nitrogens is 1. The highest BCUT2D eigenvalue weighted by molar-refractivity contribution is 6.30. The van der Waals surface area contributed by atoms with E-state index in [1.807, 2.05) is 17.0 Å². The molecule has 1 unspecified atom stereocenters. The van der Waals surface area contributed by atoms with E-state index in [1.54, 1.807) is 0 Å². The van der Waals surface area contributed by atoms with Crippen LogP contribution < -0.4 is 10.2 Å². The monoisotopic (exact) mass is 510 g/mol. The molecule has 0 amide bonds. The molecule has 0 bridgehead atoms. The number of nitrogens with one attached hydrogen (secondary N) is 1. The van der Waals surface area contributed by atoms with E-state index in [-0.39, 0.29) is 6.04 Å². The van der Waals surface area contributed by atoms with Crippen molar-refractivity contribution in [3.05, 3.63) is 53.3 Å². The first-order valence-corrected chi connectivity index (χ1v) is 12.9. The van der Waals surface area contributed by atoms with Crippen molar-refractivity contribution < 1.29 is 18.3 Å². The van der Waals surface area contributed by atoms with E-state index in [2.05, 4.69) is 27.3 Å². The summed E-state index contributed by atoms with van der Waals surface area (Å²) in [5, 5.41) is 14.7. The first-order chi connectivity index (χ1) is 16.8. The largest absolute Gasteiger partial charge is 0.417 e. The number of likely N-dealkylation sites (tertiary alicyclic amines) is 1. The van der Waals surface area contributed by atoms with E-state index in [9.17, 15) is 18.3 Å². The molecule has 1 aromatic heterocycles. The number of alkyl halides is 3. The van der Waals surface area contributed by atoms with Crippen LogP contribution in [0.4, 0.5) is 24.5 Å². The number of rotatable bonds is 8. The van der Waals surface area contributed by atoms with Gasteiger partial charge in [0.05, 0.1) is 11.3 Å². The highest BCUT2D eigenvalue weighted by atomic mass is 35.5. The Balaban J connectivity index is 1.18. The molecule has 4 rings (SSSR count). The maximum Gasteiger partial charge on any atom is 0.417 e. The maximum atomic E-state index is 13.0. The van der Waals surface area contributed by atoms with Crippen molar-refractivity contribution in [2.75, 3.05) is 36.4 Å². The van der Waals surface area contributed by atoms with Gasteiger partial charge in [-0.25, -0.2) is 0 Å². The lowest BCUT2D eigenvalue weighted by molar-refractivity contribution is -0.137. The van der Waals surface area contributed by atoms with Crippen LogP contribution in [-0.2, 0) is 6.18 Å². The van der Waals surface area contributed by atoms with Crippen LogP contribution >= 0.6 is 11.6 Å². The number of hydrogen-bond donors (Lipinski definition) is 2. The lowest BCUT2D eigenvalue weighted by Gasteiger charge is -2.37. The molecular formula is C26H34ClF3N4O. The van der Waals surface area contributed by atoms with Crippen LogP contribution in [0.3, 0.4) is 0 Å². The number of anilines is 2. The predicted octanol–water partition coefficient (Wildman–Crippen LogP) is 6.04. The summed E-state index contributed by atoms with van der Waals surface area (Å²) >= 11 is 5.99. The third kappa shape index (κ3) is 7.48. The number of aliphatic hydroxyl groups excluding tert-OH is 1. The predicted molar refractivity (Wildman–Crippen MR) is 134 cm³/mol. The minimum absolute atomic E-state index is 0.0131. The molecule has 192 valence electrons. The number of pyridine rings is 1. The number of aliphatic hydroxyl groups is 1. The summed E-state index contributed by atoms with van der Waals surface area (Å²) in [6.45, 7) is 3.49. The summed E-state index contributed by atoms with van der Waals surface area (Å²) in [5.74, 6) is 0.676. The molecule has 2 aromatic rings. The van der Waals surface area contributed by atoms with Gasteiger partial charge >= 0.3 is 6.18 Å². The fourth-order valence-corrected chi connectivity index (χ4v) is 5.33. The van der Waals surface area contributed by atoms with Gasteiger partial charge < -0.3 is 15.3 Å². The summed E-state index contributed by atoms with van der Waals surface area (Å²) in [4.78, 5) is 8.18. The number of nitrogens with zero attached hydrogens (tertiary/aromatic N) is 3. The Hall–Kier alpha value is -2.03. The molecule has 3 heterocycles. The molecule has 5 nitrogen and oxygen atoms in total. The quantitative estimate of drug-likeness (QED) is 0.454. The summed E-state index contributed by atoms with van der Waals surface area (Å²) in [6.07, 6.45) is 4.17. The van der Waals surface area contributed by atoms with Crippen molar-refractivity contribution in [2.24, 2.45) is 5.92 Å². The molecule has 0 aliphatic carbocycles. The average Bonchev–Trinajstić information content (AvgIpc) is 2.85. The molecule has 9 heteroatoms. The second kappa shape index (κ2) is 11.8. The second-order valence-corrected chi connectivity index (χ2v) is 10.2. The van der Waals surface area contributed by atoms with E-state index in [0.717, 1.165) is 81.9 Å². The van der Waals surface area contributed by atoms with Crippen LogP contribution in [0.25, 0.3) is 0 Å². The van der Waals surface area contributed by atoms with Crippen molar-refractivity contribution in [3.63, 3.8) is 0 Å². The zero-order chi connectivity index (χ0) is 24.8. The summed E-state index contributed by atoms with van der Waals surface area (Å²) < 4.78 is 38.9. The SMILES string of the molecule is OC(CCCC1CCN(c2ccc(Cl)cc2)CC1)N1CCC[C@H](Nc2cncc(C(F)(F)F)c2)C1. The Morgan fingerprint density at radius 1 is 1.09 bits per heavy atom. The van der Waals surface area contributed by atoms with Crippen molar-refractivity contribution in [2.45, 2.75) is 63.4 Å². The molecule has 2 fully saturated rings. The van der Waals surface area contributed by atoms with Crippen LogP contribution in [0, 0.1) is 5.92 Å². The highest BCUT2D eigenvalue weighted by Gasteiger charge is 2.31. The zero-order valence-electron chi connectivity index (χ0n) is 19.9. The Morgan fingerprint density at radius 3 is 2.54 bits per heavy atom. The summed E-state index contributed by atoms with van der Waals surface area (Å²) in [5.41, 5.74) is 0.831. The van der Waals surface area contributed by atoms with Gasteiger partial charge in [0.1, 0.15) is 6.23 Å². The van der Waals surface area contributed by atoms with Gasteiger partial charge in [0.25, 0.3) is 0 Å². The van der Waals surface area contributed by atoms with Crippen molar-refractivity contribution in [1.82, 2.24) is 9.88 Å². The number of halogens is 4. The van der Waals surface area contributed by atoms with Gasteiger partial charge in [0.15, 0.2) is 0 Å². The standard InChI is InChI=1S/C26H34ClF3N4O/c27-21-6-8-24(9-7-21)33-13-10-19(11-14-33)3-1-5-25(35)34-12-2-4-22(18-34)32-23-15-20(16-31-17-23)26(28,29)30/h6-9,15-17,19,22,25,32,35H,1-5,10-14,18H2/t22-,25?/m0/s1. The third-order valence-corrected chi connectivity index (χ3v) is 7.44. The van der Waals surface area contributed by atoms with Gasteiger partial charge in [-0.05, 0) is 74.8 Å². The minimum atomic E-state index is -4.41. The number of benzene rings is 1. The maximum absolute atomic E-state index is 13.0. The van der Waals surface area contributed by atoms with Crippen LogP contribution in [0.2, 0.25) is 5.02 Å². The van der Waals surface area contributed by atoms with Gasteiger partial charge in [-0.1, -0.05) is 18.0 Å². The molecular weight excluding hydrogens is 477 g/mol. The highest BCUT2D eigenvalue weighted by Crippen LogP contribution is 2.31. The van der Waals surface area contributed by atoms with E-state index in [4.69, 9.17) is 11.6 Å². The molecule has 0 spiro atoms. The molecule has 35 heavy (non-hydrogen) atoms. The Morgan fingerprint density at radius 2 is 1.83 bits per heavy atom. The van der Waals surface area contributed by atoms with Gasteiger partial charge in [-0.3, -0.25) is 9.88 Å². The first kappa shape index (κ1) is 26.0. The molecule has 2 atom stereocenters. The van der Waals surface area contributed by atoms with E-state index in [0.29, 0.717) is 18.2 Å². The average molecular weight is 511 g/mol. The fourth-order valence-electron chi connectivity index (χ4n) is 5.21. The molecule has 0 saturated carbocycles. The third-order valence-electron chi connectivity index (χ3n) is 7.19. The van der Waals surface area contributed by atoms with Crippen molar-refractivity contribution in [1.29, 1.82) is 0 Å². The molecule has 0 radical (unpaired) electrons. The Labute approximate surface area is 210 Å². The van der Waals surface area contributed by atoms with Gasteiger partial charge in [0, 0.05) is 55.3 Å². The minimum Gasteiger partial charge on any atom is -0.380 e. The Kier molecular flexibility index (Phi) is 8.78.